The predicted octanol–water partition coefficient (Wildman–Crippen LogP) is 2.98. The molecule has 0 atom stereocenters. The van der Waals surface area contributed by atoms with Crippen molar-refractivity contribution in [2.75, 3.05) is 6.26 Å². The number of rotatable bonds is 4. The van der Waals surface area contributed by atoms with Gasteiger partial charge in [0.25, 0.3) is 0 Å². The third-order valence-corrected chi connectivity index (χ3v) is 3.48. The molecule has 2 aromatic rings. The SMILES string of the molecule is CCn1c(CSC)cc2ccc(CN)cc21. The minimum atomic E-state index is 0.614. The Hall–Kier alpha value is -0.930. The standard InChI is InChI=1S/C13H18N2S/c1-3-15-12(9-16-2)7-11-5-4-10(8-14)6-13(11)15/h4-7H,3,8-9,14H2,1-2H3. The highest BCUT2D eigenvalue weighted by atomic mass is 32.2. The first kappa shape index (κ1) is 11.6. The van der Waals surface area contributed by atoms with Gasteiger partial charge in [0.05, 0.1) is 0 Å². The van der Waals surface area contributed by atoms with Gasteiger partial charge >= 0.3 is 0 Å². The Kier molecular flexibility index (Phi) is 3.56. The first-order chi connectivity index (χ1) is 7.80. The smallest absolute Gasteiger partial charge is 0.0485 e. The van der Waals surface area contributed by atoms with Crippen molar-refractivity contribution in [3.05, 3.63) is 35.5 Å². The van der Waals surface area contributed by atoms with Crippen LogP contribution in [0.5, 0.6) is 0 Å². The summed E-state index contributed by atoms with van der Waals surface area (Å²) in [5.41, 5.74) is 9.61. The molecular weight excluding hydrogens is 216 g/mol. The molecule has 16 heavy (non-hydrogen) atoms. The fourth-order valence-electron chi connectivity index (χ4n) is 2.13. The van der Waals surface area contributed by atoms with Crippen LogP contribution in [0.4, 0.5) is 0 Å². The summed E-state index contributed by atoms with van der Waals surface area (Å²) < 4.78 is 2.38. The first-order valence-electron chi connectivity index (χ1n) is 5.60. The van der Waals surface area contributed by atoms with Crippen LogP contribution in [-0.4, -0.2) is 10.8 Å². The van der Waals surface area contributed by atoms with Gasteiger partial charge in [-0.15, -0.1) is 0 Å². The van der Waals surface area contributed by atoms with Crippen LogP contribution in [0, 0.1) is 0 Å². The van der Waals surface area contributed by atoms with Crippen molar-refractivity contribution in [2.24, 2.45) is 5.73 Å². The Bertz CT molecular complexity index is 488. The molecule has 0 saturated carbocycles. The largest absolute Gasteiger partial charge is 0.344 e. The van der Waals surface area contributed by atoms with Gasteiger partial charge in [0, 0.05) is 30.1 Å². The highest BCUT2D eigenvalue weighted by molar-refractivity contribution is 7.97. The molecule has 0 saturated heterocycles. The maximum Gasteiger partial charge on any atom is 0.0485 e. The Balaban J connectivity index is 2.58. The quantitative estimate of drug-likeness (QED) is 0.881. The summed E-state index contributed by atoms with van der Waals surface area (Å²) in [6.45, 7) is 3.83. The zero-order valence-corrected chi connectivity index (χ0v) is 10.7. The highest BCUT2D eigenvalue weighted by Gasteiger charge is 2.07. The van der Waals surface area contributed by atoms with E-state index >= 15 is 0 Å². The van der Waals surface area contributed by atoms with Gasteiger partial charge in [-0.1, -0.05) is 12.1 Å². The summed E-state index contributed by atoms with van der Waals surface area (Å²) in [4.78, 5) is 0. The number of nitrogens with two attached hydrogens (primary N) is 1. The van der Waals surface area contributed by atoms with E-state index in [1.165, 1.54) is 22.2 Å². The van der Waals surface area contributed by atoms with Crippen LogP contribution in [0.1, 0.15) is 18.2 Å². The zero-order chi connectivity index (χ0) is 11.5. The highest BCUT2D eigenvalue weighted by Crippen LogP contribution is 2.23. The number of hydrogen-bond acceptors (Lipinski definition) is 2. The second-order valence-electron chi connectivity index (χ2n) is 3.91. The van der Waals surface area contributed by atoms with Gasteiger partial charge in [0.15, 0.2) is 0 Å². The lowest BCUT2D eigenvalue weighted by atomic mass is 10.1. The average molecular weight is 234 g/mol. The van der Waals surface area contributed by atoms with Crippen molar-refractivity contribution < 1.29 is 0 Å². The van der Waals surface area contributed by atoms with E-state index in [1.54, 1.807) is 0 Å². The van der Waals surface area contributed by atoms with Crippen LogP contribution in [0.25, 0.3) is 10.9 Å². The van der Waals surface area contributed by atoms with Crippen LogP contribution < -0.4 is 5.73 Å². The molecular formula is C13H18N2S. The Morgan fingerprint density at radius 1 is 1.31 bits per heavy atom. The molecule has 0 aliphatic heterocycles. The molecule has 0 radical (unpaired) electrons. The van der Waals surface area contributed by atoms with E-state index in [4.69, 9.17) is 5.73 Å². The lowest BCUT2D eigenvalue weighted by molar-refractivity contribution is 0.765. The molecule has 0 aliphatic rings. The molecule has 2 N–H and O–H groups in total. The third-order valence-electron chi connectivity index (χ3n) is 2.90. The van der Waals surface area contributed by atoms with Crippen LogP contribution in [0.2, 0.25) is 0 Å². The molecule has 2 nitrogen and oxygen atoms in total. The number of aryl methyl sites for hydroxylation is 1. The maximum absolute atomic E-state index is 5.68. The molecule has 86 valence electrons. The minimum absolute atomic E-state index is 0.614. The molecule has 0 fully saturated rings. The second kappa shape index (κ2) is 4.93. The molecule has 2 rings (SSSR count). The van der Waals surface area contributed by atoms with Gasteiger partial charge in [0.2, 0.25) is 0 Å². The second-order valence-corrected chi connectivity index (χ2v) is 4.78. The molecule has 1 heterocycles. The van der Waals surface area contributed by atoms with Crippen LogP contribution >= 0.6 is 11.8 Å². The number of hydrogen-bond donors (Lipinski definition) is 1. The fraction of sp³-hybridized carbons (Fsp3) is 0.385. The van der Waals surface area contributed by atoms with Crippen molar-refractivity contribution in [1.82, 2.24) is 4.57 Å². The topological polar surface area (TPSA) is 30.9 Å². The summed E-state index contributed by atoms with van der Waals surface area (Å²) in [5.74, 6) is 1.07. The van der Waals surface area contributed by atoms with E-state index in [2.05, 4.69) is 42.0 Å². The van der Waals surface area contributed by atoms with E-state index in [0.717, 1.165) is 12.3 Å². The van der Waals surface area contributed by atoms with E-state index < -0.39 is 0 Å². The number of thioether (sulfide) groups is 1. The van der Waals surface area contributed by atoms with Gasteiger partial charge in [-0.2, -0.15) is 11.8 Å². The maximum atomic E-state index is 5.68. The van der Waals surface area contributed by atoms with Crippen molar-refractivity contribution in [3.8, 4) is 0 Å². The van der Waals surface area contributed by atoms with Gasteiger partial charge in [-0.05, 0) is 36.3 Å². The lowest BCUT2D eigenvalue weighted by Crippen LogP contribution is -2.00. The van der Waals surface area contributed by atoms with E-state index in [0.29, 0.717) is 6.54 Å². The molecule has 1 aromatic heterocycles. The molecule has 3 heteroatoms. The number of benzene rings is 1. The number of aromatic nitrogens is 1. The molecule has 0 aliphatic carbocycles. The monoisotopic (exact) mass is 234 g/mol. The summed E-state index contributed by atoms with van der Waals surface area (Å²) >= 11 is 1.86. The van der Waals surface area contributed by atoms with Crippen molar-refractivity contribution in [1.29, 1.82) is 0 Å². The molecule has 0 unspecified atom stereocenters. The number of fused-ring (bicyclic) bond motifs is 1. The summed E-state index contributed by atoms with van der Waals surface area (Å²) in [7, 11) is 0. The Morgan fingerprint density at radius 2 is 2.12 bits per heavy atom. The van der Waals surface area contributed by atoms with Gasteiger partial charge in [0.1, 0.15) is 0 Å². The Morgan fingerprint density at radius 3 is 2.75 bits per heavy atom. The third kappa shape index (κ3) is 1.97. The minimum Gasteiger partial charge on any atom is -0.344 e. The molecule has 1 aromatic carbocycles. The summed E-state index contributed by atoms with van der Waals surface area (Å²) in [5, 5.41) is 1.32. The summed E-state index contributed by atoms with van der Waals surface area (Å²) in [6, 6.07) is 8.79. The average Bonchev–Trinajstić information content (AvgIpc) is 2.65. The van der Waals surface area contributed by atoms with E-state index in [1.807, 2.05) is 11.8 Å². The van der Waals surface area contributed by atoms with Crippen molar-refractivity contribution in [3.63, 3.8) is 0 Å². The fourth-order valence-corrected chi connectivity index (χ4v) is 2.66. The van der Waals surface area contributed by atoms with Crippen LogP contribution in [-0.2, 0) is 18.8 Å². The predicted molar refractivity (Wildman–Crippen MR) is 72.7 cm³/mol. The van der Waals surface area contributed by atoms with Crippen LogP contribution in [0.15, 0.2) is 24.3 Å². The van der Waals surface area contributed by atoms with Gasteiger partial charge < -0.3 is 10.3 Å². The number of nitrogens with zero attached hydrogens (tertiary/aromatic N) is 1. The van der Waals surface area contributed by atoms with Gasteiger partial charge in [-0.3, -0.25) is 0 Å². The van der Waals surface area contributed by atoms with Crippen LogP contribution in [0.3, 0.4) is 0 Å². The molecule has 0 spiro atoms. The van der Waals surface area contributed by atoms with E-state index in [9.17, 15) is 0 Å². The normalized spacial score (nSPS) is 11.2. The van der Waals surface area contributed by atoms with Crippen molar-refractivity contribution >= 4 is 22.7 Å². The molecule has 0 bridgehead atoms. The first-order valence-corrected chi connectivity index (χ1v) is 6.99. The van der Waals surface area contributed by atoms with Crippen molar-refractivity contribution in [2.45, 2.75) is 25.8 Å². The molecule has 0 amide bonds. The van der Waals surface area contributed by atoms with Gasteiger partial charge in [-0.25, -0.2) is 0 Å². The Labute approximate surface area is 101 Å². The summed E-state index contributed by atoms with van der Waals surface area (Å²) in [6.07, 6.45) is 2.14. The lowest BCUT2D eigenvalue weighted by Gasteiger charge is -2.07. The van der Waals surface area contributed by atoms with E-state index in [-0.39, 0.29) is 0 Å². The zero-order valence-electron chi connectivity index (χ0n) is 9.86.